The zero-order valence-electron chi connectivity index (χ0n) is 27.1. The summed E-state index contributed by atoms with van der Waals surface area (Å²) in [7, 11) is 0. The summed E-state index contributed by atoms with van der Waals surface area (Å²) < 4.78 is 0. The highest BCUT2D eigenvalue weighted by atomic mass is 16.4. The summed E-state index contributed by atoms with van der Waals surface area (Å²) in [4.78, 5) is 51.2. The lowest BCUT2D eigenvalue weighted by molar-refractivity contribution is -0.133. The maximum absolute atomic E-state index is 13.3. The van der Waals surface area contributed by atoms with Gasteiger partial charge in [-0.3, -0.25) is 14.4 Å². The molecule has 0 saturated carbocycles. The van der Waals surface area contributed by atoms with Gasteiger partial charge in [-0.25, -0.2) is 4.79 Å². The minimum atomic E-state index is -1.48. The molecule has 4 aromatic carbocycles. The lowest BCUT2D eigenvalue weighted by Crippen LogP contribution is -2.52. The number of aromatic carboxylic acids is 1. The van der Waals surface area contributed by atoms with Gasteiger partial charge in [0.2, 0.25) is 11.8 Å². The van der Waals surface area contributed by atoms with Crippen molar-refractivity contribution in [3.8, 4) is 0 Å². The predicted molar refractivity (Wildman–Crippen MR) is 180 cm³/mol. The summed E-state index contributed by atoms with van der Waals surface area (Å²) in [6.45, 7) is 7.53. The number of fused-ring (bicyclic) bond motifs is 2. The van der Waals surface area contributed by atoms with Gasteiger partial charge in [0.05, 0.1) is 24.1 Å². The van der Waals surface area contributed by atoms with Gasteiger partial charge in [0, 0.05) is 6.54 Å². The molecule has 0 saturated heterocycles. The maximum atomic E-state index is 13.3. The van der Waals surface area contributed by atoms with Gasteiger partial charge in [0.25, 0.3) is 5.91 Å². The molecule has 4 rings (SSSR count). The van der Waals surface area contributed by atoms with Crippen LogP contribution in [0.4, 0.5) is 0 Å². The summed E-state index contributed by atoms with van der Waals surface area (Å²) in [5.41, 5.74) is 1.32. The average Bonchev–Trinajstić information content (AvgIpc) is 3.04. The fourth-order valence-electron chi connectivity index (χ4n) is 5.81. The van der Waals surface area contributed by atoms with Gasteiger partial charge in [-0.2, -0.15) is 0 Å². The van der Waals surface area contributed by atoms with E-state index in [9.17, 15) is 34.5 Å². The van der Waals surface area contributed by atoms with E-state index in [4.69, 9.17) is 0 Å². The molecule has 0 aliphatic rings. The first-order valence-corrected chi connectivity index (χ1v) is 15.8. The van der Waals surface area contributed by atoms with Gasteiger partial charge >= 0.3 is 5.97 Å². The van der Waals surface area contributed by atoms with E-state index in [2.05, 4.69) is 16.0 Å². The third-order valence-corrected chi connectivity index (χ3v) is 8.24. The number of amides is 3. The van der Waals surface area contributed by atoms with Crippen molar-refractivity contribution in [2.24, 2.45) is 11.8 Å². The number of nitrogens with one attached hydrogen (secondary N) is 3. The lowest BCUT2D eigenvalue weighted by atomic mass is 9.95. The van der Waals surface area contributed by atoms with Crippen molar-refractivity contribution < 1.29 is 34.5 Å². The second kappa shape index (κ2) is 15.7. The van der Waals surface area contributed by atoms with Crippen LogP contribution in [0.2, 0.25) is 0 Å². The summed E-state index contributed by atoms with van der Waals surface area (Å²) in [5.74, 6) is -2.96. The zero-order valence-corrected chi connectivity index (χ0v) is 27.1. The molecule has 4 aromatic rings. The van der Waals surface area contributed by atoms with E-state index in [1.807, 2.05) is 44.2 Å². The fourth-order valence-corrected chi connectivity index (χ4v) is 5.81. The topological polar surface area (TPSA) is 165 Å². The van der Waals surface area contributed by atoms with E-state index in [0.29, 0.717) is 22.8 Å². The number of hydrogen-bond acceptors (Lipinski definition) is 6. The Morgan fingerprint density at radius 3 is 2.02 bits per heavy atom. The number of aliphatic hydroxyl groups is 2. The van der Waals surface area contributed by atoms with Crippen LogP contribution in [-0.2, 0) is 20.9 Å². The van der Waals surface area contributed by atoms with Crippen molar-refractivity contribution in [1.29, 1.82) is 0 Å². The normalized spacial score (nSPS) is 14.0. The molecule has 3 amide bonds. The molecule has 10 heteroatoms. The van der Waals surface area contributed by atoms with Crippen molar-refractivity contribution >= 4 is 45.2 Å². The van der Waals surface area contributed by atoms with Crippen LogP contribution >= 0.6 is 0 Å². The van der Waals surface area contributed by atoms with Crippen LogP contribution in [-0.4, -0.2) is 57.2 Å². The number of hydrogen-bond donors (Lipinski definition) is 6. The van der Waals surface area contributed by atoms with E-state index in [1.165, 1.54) is 6.07 Å². The highest BCUT2D eigenvalue weighted by Crippen LogP contribution is 2.26. The van der Waals surface area contributed by atoms with Gasteiger partial charge < -0.3 is 31.3 Å². The molecule has 6 N–H and O–H groups in total. The first-order valence-electron chi connectivity index (χ1n) is 15.8. The van der Waals surface area contributed by atoms with Gasteiger partial charge in [-0.05, 0) is 57.0 Å². The Kier molecular flexibility index (Phi) is 11.7. The number of carboxylic acids is 1. The largest absolute Gasteiger partial charge is 0.478 e. The highest BCUT2D eigenvalue weighted by molar-refractivity contribution is 6.04. The fraction of sp³-hybridized carbons (Fsp3) is 0.351. The maximum Gasteiger partial charge on any atom is 0.336 e. The molecule has 0 aliphatic carbocycles. The summed E-state index contributed by atoms with van der Waals surface area (Å²) in [6.07, 6.45) is -2.79. The standard InChI is InChI=1S/C37H43N3O7/c1-21(2)18-30(39-36(45)34(43)28-15-9-11-23-10-5-6-12-25(23)28)31(41)19-32(42)40-33(22(3)4)35(44)38-20-24-16-17-29(37(46)47)27-14-8-7-13-26(24)27/h5-17,21-22,30-31,33-34,41,43H,18-20H2,1-4H3,(H,38,44)(H,39,45)(H,40,42)(H,46,47)/t30-,31+,33-,34?/m0/s1. The highest BCUT2D eigenvalue weighted by Gasteiger charge is 2.30. The third kappa shape index (κ3) is 8.72. The summed E-state index contributed by atoms with van der Waals surface area (Å²) >= 11 is 0. The SMILES string of the molecule is CC(C)C[C@H](NC(=O)C(O)c1cccc2ccccc12)[C@H](O)CC(=O)N[C@H](C(=O)NCc1ccc(C(=O)O)c2ccccc12)C(C)C. The minimum Gasteiger partial charge on any atom is -0.478 e. The number of carboxylic acid groups (broad SMARTS) is 1. The molecule has 0 radical (unpaired) electrons. The molecule has 0 aliphatic heterocycles. The first-order chi connectivity index (χ1) is 22.4. The number of carbonyl (C=O) groups is 4. The van der Waals surface area contributed by atoms with Crippen molar-refractivity contribution in [3.63, 3.8) is 0 Å². The number of rotatable bonds is 14. The smallest absolute Gasteiger partial charge is 0.336 e. The molecule has 0 spiro atoms. The van der Waals surface area contributed by atoms with E-state index in [0.717, 1.165) is 16.3 Å². The van der Waals surface area contributed by atoms with Crippen LogP contribution in [0.1, 0.15) is 68.1 Å². The first kappa shape index (κ1) is 35.1. The van der Waals surface area contributed by atoms with Gasteiger partial charge in [-0.15, -0.1) is 0 Å². The van der Waals surface area contributed by atoms with Crippen LogP contribution < -0.4 is 16.0 Å². The van der Waals surface area contributed by atoms with Crippen LogP contribution in [0.5, 0.6) is 0 Å². The molecule has 10 nitrogen and oxygen atoms in total. The van der Waals surface area contributed by atoms with E-state index < -0.39 is 48.0 Å². The Bertz CT molecular complexity index is 1750. The van der Waals surface area contributed by atoms with Crippen LogP contribution in [0.3, 0.4) is 0 Å². The third-order valence-electron chi connectivity index (χ3n) is 8.24. The zero-order chi connectivity index (χ0) is 34.2. The lowest BCUT2D eigenvalue weighted by Gasteiger charge is -2.28. The van der Waals surface area contributed by atoms with Crippen LogP contribution in [0.25, 0.3) is 21.5 Å². The Morgan fingerprint density at radius 2 is 1.36 bits per heavy atom. The predicted octanol–water partition coefficient (Wildman–Crippen LogP) is 4.46. The number of benzene rings is 4. The number of carbonyl (C=O) groups excluding carboxylic acids is 3. The van der Waals surface area contributed by atoms with Crippen LogP contribution in [0, 0.1) is 11.8 Å². The van der Waals surface area contributed by atoms with Gasteiger partial charge in [0.15, 0.2) is 6.10 Å². The van der Waals surface area contributed by atoms with Crippen molar-refractivity contribution in [2.45, 2.75) is 71.4 Å². The number of aliphatic hydroxyl groups excluding tert-OH is 2. The Morgan fingerprint density at radius 1 is 0.723 bits per heavy atom. The molecule has 248 valence electrons. The van der Waals surface area contributed by atoms with Crippen molar-refractivity contribution in [3.05, 3.63) is 95.6 Å². The Hall–Kier alpha value is -4.80. The second-order valence-corrected chi connectivity index (χ2v) is 12.6. The van der Waals surface area contributed by atoms with E-state index in [1.54, 1.807) is 56.3 Å². The molecule has 4 atom stereocenters. The minimum absolute atomic E-state index is 0.0579. The molecule has 0 fully saturated rings. The van der Waals surface area contributed by atoms with E-state index >= 15 is 0 Å². The van der Waals surface area contributed by atoms with Crippen molar-refractivity contribution in [1.82, 2.24) is 16.0 Å². The quantitative estimate of drug-likeness (QED) is 0.118. The molecule has 47 heavy (non-hydrogen) atoms. The average molecular weight is 642 g/mol. The summed E-state index contributed by atoms with van der Waals surface area (Å²) in [6, 6.07) is 21.2. The second-order valence-electron chi connectivity index (χ2n) is 12.6. The van der Waals surface area contributed by atoms with Crippen molar-refractivity contribution in [2.75, 3.05) is 0 Å². The molecule has 0 heterocycles. The molecule has 0 aromatic heterocycles. The van der Waals surface area contributed by atoms with Gasteiger partial charge in [0.1, 0.15) is 6.04 Å². The van der Waals surface area contributed by atoms with Gasteiger partial charge in [-0.1, -0.05) is 100 Å². The van der Waals surface area contributed by atoms with Crippen LogP contribution in [0.15, 0.2) is 78.9 Å². The molecular formula is C37H43N3O7. The Balaban J connectivity index is 1.40. The molecule has 0 bridgehead atoms. The monoisotopic (exact) mass is 641 g/mol. The Labute approximate surface area is 274 Å². The molecular weight excluding hydrogens is 598 g/mol. The molecule has 1 unspecified atom stereocenters. The van der Waals surface area contributed by atoms with E-state index in [-0.39, 0.29) is 30.4 Å². The summed E-state index contributed by atoms with van der Waals surface area (Å²) in [5, 5.41) is 42.8.